The van der Waals surface area contributed by atoms with Crippen LogP contribution in [0, 0.1) is 0 Å². The lowest BCUT2D eigenvalue weighted by Gasteiger charge is -2.35. The summed E-state index contributed by atoms with van der Waals surface area (Å²) >= 11 is 0. The van der Waals surface area contributed by atoms with Gasteiger partial charge >= 0.3 is 13.5 Å². The summed E-state index contributed by atoms with van der Waals surface area (Å²) in [7, 11) is -3.89. The van der Waals surface area contributed by atoms with Gasteiger partial charge in [0.2, 0.25) is 0 Å². The van der Waals surface area contributed by atoms with Crippen molar-refractivity contribution in [3.05, 3.63) is 48.0 Å². The van der Waals surface area contributed by atoms with Crippen molar-refractivity contribution in [1.29, 1.82) is 0 Å². The van der Waals surface area contributed by atoms with Crippen molar-refractivity contribution in [3.8, 4) is 0 Å². The molecule has 0 saturated heterocycles. The van der Waals surface area contributed by atoms with Crippen LogP contribution in [0.1, 0.15) is 45.2 Å². The van der Waals surface area contributed by atoms with E-state index in [9.17, 15) is 14.5 Å². The summed E-state index contributed by atoms with van der Waals surface area (Å²) in [6.07, 6.45) is 3.60. The molecule has 2 heterocycles. The number of aryl methyl sites for hydroxylation is 1. The average Bonchev–Trinajstić information content (AvgIpc) is 3.46. The SMILES string of the molecule is CC(C)N([C@@H](C)C(=O)O)P(=O)(CO[C@@H](C)Cn1cnc2c(N)ncnc21)O/N=C1\CCc2ccccc21. The number of oxime groups is 1. The number of aromatic nitrogens is 4. The lowest BCUT2D eigenvalue weighted by molar-refractivity contribution is -0.141. The van der Waals surface area contributed by atoms with Crippen LogP contribution in [0.3, 0.4) is 0 Å². The lowest BCUT2D eigenvalue weighted by atomic mass is 10.1. The molecule has 37 heavy (non-hydrogen) atoms. The van der Waals surface area contributed by atoms with E-state index in [0.717, 1.165) is 17.5 Å². The number of nitrogens with zero attached hydrogens (tertiary/aromatic N) is 6. The van der Waals surface area contributed by atoms with Gasteiger partial charge in [-0.3, -0.25) is 9.36 Å². The van der Waals surface area contributed by atoms with E-state index in [-0.39, 0.29) is 12.2 Å². The highest BCUT2D eigenvalue weighted by Crippen LogP contribution is 2.54. The van der Waals surface area contributed by atoms with Crippen LogP contribution < -0.4 is 5.73 Å². The first kappa shape index (κ1) is 26.7. The maximum atomic E-state index is 14.3. The summed E-state index contributed by atoms with van der Waals surface area (Å²) in [6, 6.07) is 6.34. The number of anilines is 1. The Morgan fingerprint density at radius 3 is 2.70 bits per heavy atom. The van der Waals surface area contributed by atoms with E-state index in [1.807, 2.05) is 24.3 Å². The highest BCUT2D eigenvalue weighted by Gasteiger charge is 2.42. The minimum absolute atomic E-state index is 0.276. The normalized spacial score (nSPS) is 17.7. The van der Waals surface area contributed by atoms with Crippen LogP contribution in [0.2, 0.25) is 0 Å². The van der Waals surface area contributed by atoms with Gasteiger partial charge in [0.15, 0.2) is 11.5 Å². The molecule has 0 saturated carbocycles. The molecule has 0 aliphatic heterocycles. The quantitative estimate of drug-likeness (QED) is 0.278. The number of nitrogens with two attached hydrogens (primary N) is 1. The van der Waals surface area contributed by atoms with Crippen molar-refractivity contribution in [2.75, 3.05) is 12.1 Å². The number of hydrogen-bond donors (Lipinski definition) is 2. The molecular weight excluding hydrogens is 497 g/mol. The smallest absolute Gasteiger partial charge is 0.367 e. The third-order valence-electron chi connectivity index (χ3n) is 6.28. The number of hydrogen-bond acceptors (Lipinski definition) is 9. The number of carboxylic acids is 1. The van der Waals surface area contributed by atoms with Crippen molar-refractivity contribution < 1.29 is 23.8 Å². The molecule has 3 N–H and O–H groups in total. The third kappa shape index (κ3) is 5.66. The van der Waals surface area contributed by atoms with Gasteiger partial charge < -0.3 is 24.8 Å². The molecule has 1 aliphatic rings. The fourth-order valence-corrected chi connectivity index (χ4v) is 6.77. The van der Waals surface area contributed by atoms with Crippen LogP contribution in [0.5, 0.6) is 0 Å². The first-order valence-electron chi connectivity index (χ1n) is 12.1. The van der Waals surface area contributed by atoms with Gasteiger partial charge in [0, 0.05) is 11.6 Å². The summed E-state index contributed by atoms with van der Waals surface area (Å²) in [4.78, 5) is 24.3. The summed E-state index contributed by atoms with van der Waals surface area (Å²) in [5.74, 6) is -0.843. The molecule has 0 spiro atoms. The van der Waals surface area contributed by atoms with Crippen molar-refractivity contribution in [2.45, 2.75) is 65.3 Å². The number of carbonyl (C=O) groups is 1. The van der Waals surface area contributed by atoms with Crippen LogP contribution in [-0.4, -0.2) is 65.5 Å². The number of aliphatic carboxylic acids is 1. The van der Waals surface area contributed by atoms with Crippen LogP contribution in [0.25, 0.3) is 11.2 Å². The summed E-state index contributed by atoms with van der Waals surface area (Å²) in [5, 5.41) is 14.0. The number of nitrogen functional groups attached to an aromatic ring is 1. The molecule has 4 rings (SSSR count). The summed E-state index contributed by atoms with van der Waals surface area (Å²) in [5.41, 5.74) is 9.67. The Hall–Kier alpha value is -3.34. The van der Waals surface area contributed by atoms with Crippen LogP contribution in [0.15, 0.2) is 42.1 Å². The average molecular weight is 530 g/mol. The van der Waals surface area contributed by atoms with Crippen LogP contribution in [-0.2, 0) is 31.7 Å². The molecule has 3 atom stereocenters. The molecule has 1 unspecified atom stereocenters. The maximum absolute atomic E-state index is 14.3. The zero-order valence-corrected chi connectivity index (χ0v) is 22.2. The van der Waals surface area contributed by atoms with Gasteiger partial charge in [0.25, 0.3) is 0 Å². The third-order valence-corrected chi connectivity index (χ3v) is 8.60. The fourth-order valence-electron chi connectivity index (χ4n) is 4.51. The second kappa shape index (κ2) is 11.0. The fraction of sp³-hybridized carbons (Fsp3) is 0.458. The lowest BCUT2D eigenvalue weighted by Crippen LogP contribution is -2.42. The first-order valence-corrected chi connectivity index (χ1v) is 13.8. The summed E-state index contributed by atoms with van der Waals surface area (Å²) in [6.45, 7) is 7.14. The Bertz CT molecular complexity index is 1360. The number of ether oxygens (including phenoxy) is 1. The minimum Gasteiger partial charge on any atom is -0.480 e. The molecule has 12 nitrogen and oxygen atoms in total. The second-order valence-corrected chi connectivity index (χ2v) is 11.5. The molecule has 1 aliphatic carbocycles. The van der Waals surface area contributed by atoms with E-state index in [1.165, 1.54) is 17.9 Å². The number of fused-ring (bicyclic) bond motifs is 2. The predicted octanol–water partition coefficient (Wildman–Crippen LogP) is 3.51. The zero-order valence-electron chi connectivity index (χ0n) is 21.3. The monoisotopic (exact) mass is 529 g/mol. The highest BCUT2D eigenvalue weighted by atomic mass is 31.2. The van der Waals surface area contributed by atoms with Gasteiger partial charge in [0.05, 0.1) is 24.7 Å². The molecule has 0 bridgehead atoms. The maximum Gasteiger partial charge on any atom is 0.367 e. The Balaban J connectivity index is 1.56. The zero-order chi connectivity index (χ0) is 26.7. The van der Waals surface area contributed by atoms with E-state index in [4.69, 9.17) is 15.1 Å². The largest absolute Gasteiger partial charge is 0.480 e. The van der Waals surface area contributed by atoms with Crippen LogP contribution >= 0.6 is 7.52 Å². The van der Waals surface area contributed by atoms with E-state index < -0.39 is 31.7 Å². The second-order valence-electron chi connectivity index (χ2n) is 9.34. The van der Waals surface area contributed by atoms with Gasteiger partial charge in [-0.2, -0.15) is 0 Å². The molecule has 3 aromatic rings. The van der Waals surface area contributed by atoms with E-state index in [2.05, 4.69) is 20.1 Å². The van der Waals surface area contributed by atoms with Crippen molar-refractivity contribution >= 4 is 36.2 Å². The number of carboxylic acid groups (broad SMARTS) is 1. The van der Waals surface area contributed by atoms with Gasteiger partial charge in [-0.1, -0.05) is 29.4 Å². The highest BCUT2D eigenvalue weighted by molar-refractivity contribution is 7.56. The van der Waals surface area contributed by atoms with E-state index in [0.29, 0.717) is 29.8 Å². The number of benzene rings is 1. The Morgan fingerprint density at radius 2 is 1.97 bits per heavy atom. The molecule has 0 fully saturated rings. The molecule has 13 heteroatoms. The standard InChI is InChI=1S/C24H32N7O5P/c1-15(2)31(17(4)24(32)33)37(34,36-29-20-10-9-18-7-5-6-8-19(18)20)14-35-16(3)11-30-13-28-21-22(25)26-12-27-23(21)30/h5-8,12-13,15-17H,9-11,14H2,1-4H3,(H,32,33)(H2,25,26,27)/b29-20+/t16-,17-,37?/m0/s1. The Morgan fingerprint density at radius 1 is 1.22 bits per heavy atom. The van der Waals surface area contributed by atoms with Gasteiger partial charge in [-0.15, -0.1) is 0 Å². The Kier molecular flexibility index (Phi) is 7.91. The molecular formula is C24H32N7O5P. The Labute approximate surface area is 215 Å². The van der Waals surface area contributed by atoms with E-state index in [1.54, 1.807) is 31.7 Å². The molecule has 1 aromatic carbocycles. The van der Waals surface area contributed by atoms with Crippen molar-refractivity contribution in [1.82, 2.24) is 24.2 Å². The van der Waals surface area contributed by atoms with Crippen molar-refractivity contribution in [2.24, 2.45) is 5.16 Å². The number of imidazole rings is 1. The molecule has 0 radical (unpaired) electrons. The molecule has 0 amide bonds. The van der Waals surface area contributed by atoms with Gasteiger partial charge in [-0.05, 0) is 46.1 Å². The predicted molar refractivity (Wildman–Crippen MR) is 139 cm³/mol. The molecule has 2 aromatic heterocycles. The topological polar surface area (TPSA) is 158 Å². The van der Waals surface area contributed by atoms with Crippen LogP contribution in [0.4, 0.5) is 5.82 Å². The first-order chi connectivity index (χ1) is 17.6. The number of rotatable bonds is 11. The van der Waals surface area contributed by atoms with Gasteiger partial charge in [0.1, 0.15) is 24.2 Å². The molecule has 198 valence electrons. The van der Waals surface area contributed by atoms with Gasteiger partial charge in [-0.25, -0.2) is 19.6 Å². The van der Waals surface area contributed by atoms with Crippen molar-refractivity contribution in [3.63, 3.8) is 0 Å². The minimum atomic E-state index is -3.89. The summed E-state index contributed by atoms with van der Waals surface area (Å²) < 4.78 is 29.1. The van der Waals surface area contributed by atoms with E-state index >= 15 is 0 Å².